The van der Waals surface area contributed by atoms with Crippen LogP contribution in [-0.2, 0) is 0 Å². The van der Waals surface area contributed by atoms with Gasteiger partial charge in [-0.15, -0.1) is 0 Å². The molecular formula is C12H9F6NO. The lowest BCUT2D eigenvalue weighted by Crippen LogP contribution is -2.44. The van der Waals surface area contributed by atoms with E-state index in [0.29, 0.717) is 0 Å². The summed E-state index contributed by atoms with van der Waals surface area (Å²) in [7, 11) is 0. The Balaban J connectivity index is 3.00. The van der Waals surface area contributed by atoms with Gasteiger partial charge in [-0.3, -0.25) is 4.79 Å². The highest BCUT2D eigenvalue weighted by atomic mass is 19.4. The molecule has 0 bridgehead atoms. The number of halogens is 6. The molecule has 2 radical (unpaired) electrons. The van der Waals surface area contributed by atoms with Crippen LogP contribution in [-0.4, -0.2) is 36.2 Å². The van der Waals surface area contributed by atoms with Crippen LogP contribution >= 0.6 is 0 Å². The van der Waals surface area contributed by atoms with Gasteiger partial charge in [0, 0.05) is 5.56 Å². The summed E-state index contributed by atoms with van der Waals surface area (Å²) in [4.78, 5) is 11.4. The first kappa shape index (κ1) is 16.3. The van der Waals surface area contributed by atoms with Crippen molar-refractivity contribution in [1.29, 1.82) is 0 Å². The van der Waals surface area contributed by atoms with E-state index in [-0.39, 0.29) is 16.0 Å². The predicted octanol–water partition coefficient (Wildman–Crippen LogP) is 3.31. The van der Waals surface area contributed by atoms with Gasteiger partial charge in [0.05, 0.1) is 0 Å². The molecule has 0 unspecified atom stereocenters. The van der Waals surface area contributed by atoms with Crippen molar-refractivity contribution in [2.75, 3.05) is 13.1 Å². The SMILES string of the molecule is [CH]c1cccc(C(=O)N(CC(F)(F)F)CC(F)(F)F)c1. The Morgan fingerprint density at radius 3 is 1.95 bits per heavy atom. The highest BCUT2D eigenvalue weighted by Gasteiger charge is 2.39. The van der Waals surface area contributed by atoms with Crippen molar-refractivity contribution in [2.45, 2.75) is 12.4 Å². The van der Waals surface area contributed by atoms with Crippen molar-refractivity contribution in [1.82, 2.24) is 4.90 Å². The van der Waals surface area contributed by atoms with Crippen LogP contribution in [0, 0.1) is 6.92 Å². The van der Waals surface area contributed by atoms with Crippen LogP contribution in [0.5, 0.6) is 0 Å². The van der Waals surface area contributed by atoms with Crippen LogP contribution in [0.1, 0.15) is 15.9 Å². The molecule has 0 aliphatic heterocycles. The van der Waals surface area contributed by atoms with E-state index in [1.807, 2.05) is 0 Å². The molecule has 110 valence electrons. The Labute approximate surface area is 111 Å². The Hall–Kier alpha value is -1.73. The van der Waals surface area contributed by atoms with Crippen molar-refractivity contribution < 1.29 is 31.1 Å². The number of carbonyl (C=O) groups excluding carboxylic acids is 1. The lowest BCUT2D eigenvalue weighted by molar-refractivity contribution is -0.171. The fourth-order valence-electron chi connectivity index (χ4n) is 1.49. The van der Waals surface area contributed by atoms with Crippen LogP contribution in [0.15, 0.2) is 24.3 Å². The molecule has 1 rings (SSSR count). The topological polar surface area (TPSA) is 20.3 Å². The molecule has 0 aromatic heterocycles. The van der Waals surface area contributed by atoms with E-state index in [2.05, 4.69) is 0 Å². The maximum Gasteiger partial charge on any atom is 0.406 e. The average Bonchev–Trinajstić information content (AvgIpc) is 2.23. The highest BCUT2D eigenvalue weighted by molar-refractivity contribution is 5.94. The van der Waals surface area contributed by atoms with Crippen LogP contribution in [0.3, 0.4) is 0 Å². The third-order valence-electron chi connectivity index (χ3n) is 2.16. The second-order valence-electron chi connectivity index (χ2n) is 4.02. The predicted molar refractivity (Wildman–Crippen MR) is 57.9 cm³/mol. The second kappa shape index (κ2) is 5.72. The molecule has 1 aromatic rings. The number of amides is 1. The van der Waals surface area contributed by atoms with E-state index in [1.165, 1.54) is 12.1 Å². The molecule has 1 amide bonds. The van der Waals surface area contributed by atoms with Gasteiger partial charge in [-0.05, 0) is 24.6 Å². The minimum Gasteiger partial charge on any atom is -0.320 e. The third kappa shape index (κ3) is 5.50. The summed E-state index contributed by atoms with van der Waals surface area (Å²) in [5.74, 6) is -1.38. The largest absolute Gasteiger partial charge is 0.406 e. The Morgan fingerprint density at radius 1 is 1.05 bits per heavy atom. The summed E-state index contributed by atoms with van der Waals surface area (Å²) in [6, 6.07) is 4.73. The molecule has 8 heteroatoms. The van der Waals surface area contributed by atoms with E-state index in [0.717, 1.165) is 12.1 Å². The number of rotatable bonds is 3. The highest BCUT2D eigenvalue weighted by Crippen LogP contribution is 2.23. The van der Waals surface area contributed by atoms with E-state index < -0.39 is 31.3 Å². The molecular weight excluding hydrogens is 288 g/mol. The van der Waals surface area contributed by atoms with Gasteiger partial charge < -0.3 is 4.90 Å². The van der Waals surface area contributed by atoms with E-state index in [9.17, 15) is 31.1 Å². The van der Waals surface area contributed by atoms with Crippen LogP contribution in [0.25, 0.3) is 0 Å². The number of carbonyl (C=O) groups is 1. The number of hydrogen-bond acceptors (Lipinski definition) is 1. The zero-order chi connectivity index (χ0) is 15.6. The van der Waals surface area contributed by atoms with Gasteiger partial charge in [-0.25, -0.2) is 0 Å². The summed E-state index contributed by atoms with van der Waals surface area (Å²) < 4.78 is 73.5. The first-order valence-electron chi connectivity index (χ1n) is 5.26. The molecule has 0 fully saturated rings. The maximum atomic E-state index is 12.3. The van der Waals surface area contributed by atoms with Crippen molar-refractivity contribution in [2.24, 2.45) is 0 Å². The normalized spacial score (nSPS) is 12.3. The van der Waals surface area contributed by atoms with Gasteiger partial charge in [-0.1, -0.05) is 12.1 Å². The molecule has 0 spiro atoms. The lowest BCUT2D eigenvalue weighted by Gasteiger charge is -2.25. The average molecular weight is 297 g/mol. The van der Waals surface area contributed by atoms with Crippen LogP contribution in [0.4, 0.5) is 26.3 Å². The number of alkyl halides is 6. The zero-order valence-electron chi connectivity index (χ0n) is 9.92. The minimum absolute atomic E-state index is 0.0646. The molecule has 1 aromatic carbocycles. The molecule has 0 N–H and O–H groups in total. The zero-order valence-corrected chi connectivity index (χ0v) is 9.92. The van der Waals surface area contributed by atoms with Crippen LogP contribution in [0.2, 0.25) is 0 Å². The van der Waals surface area contributed by atoms with Crippen molar-refractivity contribution in [3.63, 3.8) is 0 Å². The molecule has 0 aliphatic carbocycles. The summed E-state index contributed by atoms with van der Waals surface area (Å²) in [6.07, 6.45) is -9.86. The molecule has 0 heterocycles. The quantitative estimate of drug-likeness (QED) is 0.784. The summed E-state index contributed by atoms with van der Waals surface area (Å²) in [5.41, 5.74) is -0.270. The van der Waals surface area contributed by atoms with E-state index >= 15 is 0 Å². The molecule has 0 saturated heterocycles. The standard InChI is InChI=1S/C12H9F6NO/c1-8-3-2-4-9(5-8)10(20)19(6-11(13,14)15)7-12(16,17)18/h1-5H,6-7H2. The molecule has 0 atom stereocenters. The van der Waals surface area contributed by atoms with Gasteiger partial charge in [0.15, 0.2) is 0 Å². The van der Waals surface area contributed by atoms with Crippen molar-refractivity contribution >= 4 is 5.91 Å². The molecule has 0 aliphatic rings. The first-order chi connectivity index (χ1) is 8.98. The Kier molecular flexibility index (Phi) is 4.67. The first-order valence-corrected chi connectivity index (χ1v) is 5.26. The van der Waals surface area contributed by atoms with Gasteiger partial charge in [0.1, 0.15) is 13.1 Å². The molecule has 20 heavy (non-hydrogen) atoms. The maximum absolute atomic E-state index is 12.3. The monoisotopic (exact) mass is 297 g/mol. The summed E-state index contributed by atoms with van der Waals surface area (Å²) >= 11 is 0. The molecule has 2 nitrogen and oxygen atoms in total. The lowest BCUT2D eigenvalue weighted by atomic mass is 10.1. The fourth-order valence-corrected chi connectivity index (χ4v) is 1.49. The summed E-state index contributed by atoms with van der Waals surface area (Å²) in [5, 5.41) is 0. The number of hydrogen-bond donors (Lipinski definition) is 0. The van der Waals surface area contributed by atoms with Gasteiger partial charge in [-0.2, -0.15) is 26.3 Å². The van der Waals surface area contributed by atoms with Crippen molar-refractivity contribution in [3.8, 4) is 0 Å². The van der Waals surface area contributed by atoms with Gasteiger partial charge in [0.2, 0.25) is 0 Å². The molecule has 0 saturated carbocycles. The fraction of sp³-hybridized carbons (Fsp3) is 0.333. The number of nitrogens with zero attached hydrogens (tertiary/aromatic N) is 1. The van der Waals surface area contributed by atoms with E-state index in [1.54, 1.807) is 0 Å². The Morgan fingerprint density at radius 2 is 1.55 bits per heavy atom. The van der Waals surface area contributed by atoms with Crippen molar-refractivity contribution in [3.05, 3.63) is 42.3 Å². The number of benzene rings is 1. The minimum atomic E-state index is -4.93. The second-order valence-corrected chi connectivity index (χ2v) is 4.02. The van der Waals surface area contributed by atoms with E-state index in [4.69, 9.17) is 6.92 Å². The van der Waals surface area contributed by atoms with Gasteiger partial charge >= 0.3 is 12.4 Å². The third-order valence-corrected chi connectivity index (χ3v) is 2.16. The Bertz CT molecular complexity index is 464. The summed E-state index contributed by atoms with van der Waals surface area (Å²) in [6.45, 7) is 1.36. The van der Waals surface area contributed by atoms with Crippen LogP contribution < -0.4 is 0 Å². The van der Waals surface area contributed by atoms with Gasteiger partial charge in [0.25, 0.3) is 5.91 Å². The smallest absolute Gasteiger partial charge is 0.320 e.